The topological polar surface area (TPSA) is 84.7 Å². The maximum atomic E-state index is 12.6. The summed E-state index contributed by atoms with van der Waals surface area (Å²) in [5.41, 5.74) is 6.45. The van der Waals surface area contributed by atoms with E-state index in [4.69, 9.17) is 22.1 Å². The molecule has 6 nitrogen and oxygen atoms in total. The summed E-state index contributed by atoms with van der Waals surface area (Å²) in [6, 6.07) is 4.07. The molecule has 2 amide bonds. The molecule has 1 aromatic rings. The quantitative estimate of drug-likeness (QED) is 0.812. The molecule has 3 N–H and O–H groups in total. The van der Waals surface area contributed by atoms with Gasteiger partial charge in [0.1, 0.15) is 6.04 Å². The molecule has 0 radical (unpaired) electrons. The second-order valence-electron chi connectivity index (χ2n) is 4.72. The molecule has 1 atom stereocenters. The van der Waals surface area contributed by atoms with Crippen molar-refractivity contribution in [2.75, 3.05) is 32.0 Å². The molecule has 1 heterocycles. The predicted octanol–water partition coefficient (Wildman–Crippen LogP) is 0.899. The van der Waals surface area contributed by atoms with Gasteiger partial charge in [0, 0.05) is 18.8 Å². The minimum Gasteiger partial charge on any atom is -0.399 e. The Kier molecular flexibility index (Phi) is 5.03. The molecular weight excluding hydrogens is 294 g/mol. The number of benzene rings is 1. The Morgan fingerprint density at radius 1 is 1.52 bits per heavy atom. The molecule has 0 bridgehead atoms. The van der Waals surface area contributed by atoms with Crippen LogP contribution in [-0.2, 0) is 9.53 Å². The van der Waals surface area contributed by atoms with Crippen LogP contribution in [-0.4, -0.2) is 49.1 Å². The Bertz CT molecular complexity index is 550. The van der Waals surface area contributed by atoms with E-state index in [1.807, 2.05) is 6.92 Å². The minimum absolute atomic E-state index is 0.185. The van der Waals surface area contributed by atoms with E-state index in [1.165, 1.54) is 11.0 Å². The van der Waals surface area contributed by atoms with Gasteiger partial charge in [-0.15, -0.1) is 0 Å². The Morgan fingerprint density at radius 2 is 2.29 bits per heavy atom. The van der Waals surface area contributed by atoms with E-state index < -0.39 is 6.04 Å². The molecule has 1 aliphatic heterocycles. The maximum absolute atomic E-state index is 12.6. The molecule has 21 heavy (non-hydrogen) atoms. The van der Waals surface area contributed by atoms with E-state index in [0.29, 0.717) is 30.9 Å². The molecule has 0 aliphatic carbocycles. The number of halogens is 1. The highest BCUT2D eigenvalue weighted by atomic mass is 35.5. The molecule has 1 fully saturated rings. The fraction of sp³-hybridized carbons (Fsp3) is 0.429. The largest absolute Gasteiger partial charge is 0.399 e. The lowest BCUT2D eigenvalue weighted by molar-refractivity contribution is -0.130. The fourth-order valence-electron chi connectivity index (χ4n) is 2.22. The monoisotopic (exact) mass is 311 g/mol. The summed E-state index contributed by atoms with van der Waals surface area (Å²) in [6.07, 6.45) is 0. The molecule has 1 aromatic carbocycles. The molecule has 0 spiro atoms. The molecule has 7 heteroatoms. The summed E-state index contributed by atoms with van der Waals surface area (Å²) >= 11 is 6.07. The van der Waals surface area contributed by atoms with Crippen molar-refractivity contribution in [2.45, 2.75) is 13.0 Å². The van der Waals surface area contributed by atoms with E-state index >= 15 is 0 Å². The number of anilines is 1. The number of hydrogen-bond acceptors (Lipinski definition) is 4. The second kappa shape index (κ2) is 6.78. The lowest BCUT2D eigenvalue weighted by atomic mass is 10.1. The number of carbonyl (C=O) groups is 2. The van der Waals surface area contributed by atoms with Crippen LogP contribution < -0.4 is 11.1 Å². The van der Waals surface area contributed by atoms with Crippen molar-refractivity contribution in [3.8, 4) is 0 Å². The zero-order chi connectivity index (χ0) is 15.4. The van der Waals surface area contributed by atoms with Gasteiger partial charge in [-0.2, -0.15) is 0 Å². The minimum atomic E-state index is -0.639. The highest BCUT2D eigenvalue weighted by molar-refractivity contribution is 6.34. The number of carbonyl (C=O) groups excluding carboxylic acids is 2. The number of nitrogen functional groups attached to an aromatic ring is 1. The van der Waals surface area contributed by atoms with Crippen LogP contribution in [0.25, 0.3) is 0 Å². The number of morpholine rings is 1. The number of nitrogens with one attached hydrogen (secondary N) is 1. The van der Waals surface area contributed by atoms with E-state index in [-0.39, 0.29) is 23.4 Å². The summed E-state index contributed by atoms with van der Waals surface area (Å²) in [5, 5.41) is 2.99. The van der Waals surface area contributed by atoms with Crippen molar-refractivity contribution in [3.05, 3.63) is 28.8 Å². The van der Waals surface area contributed by atoms with Gasteiger partial charge in [0.15, 0.2) is 0 Å². The maximum Gasteiger partial charge on any atom is 0.256 e. The third kappa shape index (κ3) is 3.46. The van der Waals surface area contributed by atoms with E-state index in [0.717, 1.165) is 0 Å². The highest BCUT2D eigenvalue weighted by Crippen LogP contribution is 2.22. The van der Waals surface area contributed by atoms with Gasteiger partial charge in [-0.25, -0.2) is 0 Å². The van der Waals surface area contributed by atoms with Gasteiger partial charge in [0.2, 0.25) is 5.91 Å². The van der Waals surface area contributed by atoms with Crippen LogP contribution in [0, 0.1) is 0 Å². The lowest BCUT2D eigenvalue weighted by Crippen LogP contribution is -2.55. The van der Waals surface area contributed by atoms with Crippen LogP contribution in [0.1, 0.15) is 17.3 Å². The Labute approximate surface area is 128 Å². The summed E-state index contributed by atoms with van der Waals surface area (Å²) < 4.78 is 5.31. The van der Waals surface area contributed by atoms with Crippen LogP contribution in [0.5, 0.6) is 0 Å². The van der Waals surface area contributed by atoms with Gasteiger partial charge in [-0.1, -0.05) is 11.6 Å². The summed E-state index contributed by atoms with van der Waals surface area (Å²) in [4.78, 5) is 26.2. The Hall–Kier alpha value is -1.79. The third-order valence-electron chi connectivity index (χ3n) is 3.27. The normalized spacial score (nSPS) is 18.4. The first-order valence-corrected chi connectivity index (χ1v) is 7.13. The molecule has 0 aromatic heterocycles. The van der Waals surface area contributed by atoms with E-state index in [9.17, 15) is 9.59 Å². The Morgan fingerprint density at radius 3 is 2.95 bits per heavy atom. The first-order chi connectivity index (χ1) is 10.0. The Balaban J connectivity index is 2.24. The average Bonchev–Trinajstić information content (AvgIpc) is 2.47. The zero-order valence-electron chi connectivity index (χ0n) is 11.8. The average molecular weight is 312 g/mol. The molecule has 1 saturated heterocycles. The molecule has 1 unspecified atom stereocenters. The molecule has 114 valence electrons. The first-order valence-electron chi connectivity index (χ1n) is 6.76. The van der Waals surface area contributed by atoms with Gasteiger partial charge in [-0.3, -0.25) is 9.59 Å². The molecular formula is C14H18ClN3O3. The van der Waals surface area contributed by atoms with Crippen LogP contribution in [0.4, 0.5) is 5.69 Å². The van der Waals surface area contributed by atoms with Gasteiger partial charge in [-0.05, 0) is 25.1 Å². The van der Waals surface area contributed by atoms with Crippen LogP contribution in [0.3, 0.4) is 0 Å². The van der Waals surface area contributed by atoms with Crippen molar-refractivity contribution in [2.24, 2.45) is 0 Å². The van der Waals surface area contributed by atoms with Gasteiger partial charge in [0.25, 0.3) is 5.91 Å². The third-order valence-corrected chi connectivity index (χ3v) is 3.58. The number of nitrogens with two attached hydrogens (primary N) is 1. The summed E-state index contributed by atoms with van der Waals surface area (Å²) in [5.74, 6) is -0.517. The van der Waals surface area contributed by atoms with Crippen LogP contribution in [0.15, 0.2) is 18.2 Å². The standard InChI is InChI=1S/C14H18ClN3O3/c1-2-17-13(19)12-8-21-6-5-18(12)14(20)10-4-3-9(16)7-11(10)15/h3-4,7,12H,2,5-6,8,16H2,1H3,(H,17,19). The number of ether oxygens (including phenoxy) is 1. The van der Waals surface area contributed by atoms with Crippen molar-refractivity contribution < 1.29 is 14.3 Å². The van der Waals surface area contributed by atoms with E-state index in [2.05, 4.69) is 5.32 Å². The van der Waals surface area contributed by atoms with Crippen molar-refractivity contribution in [3.63, 3.8) is 0 Å². The number of nitrogens with zero attached hydrogens (tertiary/aromatic N) is 1. The number of likely N-dealkylation sites (N-methyl/N-ethyl adjacent to an activating group) is 1. The second-order valence-corrected chi connectivity index (χ2v) is 5.13. The summed E-state index contributed by atoms with van der Waals surface area (Å²) in [6.45, 7) is 3.25. The van der Waals surface area contributed by atoms with Crippen LogP contribution in [0.2, 0.25) is 5.02 Å². The lowest BCUT2D eigenvalue weighted by Gasteiger charge is -2.34. The number of hydrogen-bond donors (Lipinski definition) is 2. The predicted molar refractivity (Wildman–Crippen MR) is 80.2 cm³/mol. The first kappa shape index (κ1) is 15.6. The molecule has 0 saturated carbocycles. The van der Waals surface area contributed by atoms with Crippen molar-refractivity contribution in [1.29, 1.82) is 0 Å². The number of rotatable bonds is 3. The van der Waals surface area contributed by atoms with Crippen molar-refractivity contribution >= 4 is 29.1 Å². The zero-order valence-corrected chi connectivity index (χ0v) is 12.5. The van der Waals surface area contributed by atoms with Crippen LogP contribution >= 0.6 is 11.6 Å². The van der Waals surface area contributed by atoms with Crippen molar-refractivity contribution in [1.82, 2.24) is 10.2 Å². The van der Waals surface area contributed by atoms with Gasteiger partial charge in [0.05, 0.1) is 23.8 Å². The van der Waals surface area contributed by atoms with Gasteiger partial charge >= 0.3 is 0 Å². The van der Waals surface area contributed by atoms with Gasteiger partial charge < -0.3 is 20.7 Å². The fourth-order valence-corrected chi connectivity index (χ4v) is 2.49. The molecule has 2 rings (SSSR count). The smallest absolute Gasteiger partial charge is 0.256 e. The molecule has 1 aliphatic rings. The SMILES string of the molecule is CCNC(=O)C1COCCN1C(=O)c1ccc(N)cc1Cl. The van der Waals surface area contributed by atoms with E-state index in [1.54, 1.807) is 12.1 Å². The summed E-state index contributed by atoms with van der Waals surface area (Å²) in [7, 11) is 0. The number of amides is 2. The highest BCUT2D eigenvalue weighted by Gasteiger charge is 2.33.